The van der Waals surface area contributed by atoms with Crippen LogP contribution >= 0.6 is 43.2 Å². The largest absolute Gasteiger partial charge is 0.271 e. The predicted octanol–water partition coefficient (Wildman–Crippen LogP) is 3.97. The fourth-order valence-corrected chi connectivity index (χ4v) is 4.70. The zero-order valence-corrected chi connectivity index (χ0v) is 12.3. The Morgan fingerprint density at radius 3 is 2.73 bits per heavy atom. The molecular formula is C10H14Br2N2S. The third-order valence-electron chi connectivity index (χ3n) is 2.82. The van der Waals surface area contributed by atoms with Gasteiger partial charge in [0.25, 0.3) is 0 Å². The van der Waals surface area contributed by atoms with Crippen LogP contribution in [0.2, 0.25) is 0 Å². The van der Waals surface area contributed by atoms with E-state index in [0.29, 0.717) is 0 Å². The lowest BCUT2D eigenvalue weighted by molar-refractivity contribution is 0.482. The smallest absolute Gasteiger partial charge is 0.0758 e. The lowest BCUT2D eigenvalue weighted by Crippen LogP contribution is -2.28. The molecule has 3 N–H and O–H groups in total. The van der Waals surface area contributed by atoms with Crippen molar-refractivity contribution in [3.8, 4) is 0 Å². The molecule has 1 aromatic heterocycles. The van der Waals surface area contributed by atoms with Crippen molar-refractivity contribution in [3.63, 3.8) is 0 Å². The number of hydrogen-bond acceptors (Lipinski definition) is 3. The zero-order valence-electron chi connectivity index (χ0n) is 8.30. The minimum Gasteiger partial charge on any atom is -0.271 e. The van der Waals surface area contributed by atoms with Crippen LogP contribution in [0.15, 0.2) is 13.6 Å². The van der Waals surface area contributed by atoms with Gasteiger partial charge >= 0.3 is 0 Å². The van der Waals surface area contributed by atoms with E-state index in [1.807, 2.05) is 0 Å². The first kappa shape index (κ1) is 12.0. The first-order chi connectivity index (χ1) is 7.20. The predicted molar refractivity (Wildman–Crippen MR) is 71.7 cm³/mol. The van der Waals surface area contributed by atoms with Gasteiger partial charge in [-0.3, -0.25) is 11.3 Å². The Labute approximate surface area is 111 Å². The van der Waals surface area contributed by atoms with Crippen LogP contribution in [-0.4, -0.2) is 0 Å². The Bertz CT molecular complexity index is 336. The molecule has 1 aromatic rings. The molecule has 1 unspecified atom stereocenters. The summed E-state index contributed by atoms with van der Waals surface area (Å²) in [6.45, 7) is 0. The van der Waals surface area contributed by atoms with Gasteiger partial charge in [0.2, 0.25) is 0 Å². The maximum Gasteiger partial charge on any atom is 0.0758 e. The maximum atomic E-state index is 5.61. The van der Waals surface area contributed by atoms with E-state index in [9.17, 15) is 0 Å². The lowest BCUT2D eigenvalue weighted by atomic mass is 10.0. The van der Waals surface area contributed by atoms with Gasteiger partial charge in [0.1, 0.15) is 0 Å². The van der Waals surface area contributed by atoms with E-state index in [1.165, 1.54) is 28.6 Å². The van der Waals surface area contributed by atoms with Crippen molar-refractivity contribution in [3.05, 3.63) is 19.2 Å². The molecule has 1 aliphatic carbocycles. The lowest BCUT2D eigenvalue weighted by Gasteiger charge is -2.14. The second-order valence-corrected chi connectivity index (χ2v) is 7.77. The molecule has 1 atom stereocenters. The fraction of sp³-hybridized carbons (Fsp3) is 0.600. The molecule has 1 heterocycles. The van der Waals surface area contributed by atoms with Crippen LogP contribution in [0, 0.1) is 5.92 Å². The summed E-state index contributed by atoms with van der Waals surface area (Å²) in [4.78, 5) is 0. The van der Waals surface area contributed by atoms with Crippen LogP contribution in [0.5, 0.6) is 0 Å². The first-order valence-corrected chi connectivity index (χ1v) is 7.52. The van der Waals surface area contributed by atoms with Gasteiger partial charge < -0.3 is 0 Å². The molecule has 15 heavy (non-hydrogen) atoms. The molecule has 0 amide bonds. The van der Waals surface area contributed by atoms with Gasteiger partial charge in [-0.1, -0.05) is 12.8 Å². The fourth-order valence-electron chi connectivity index (χ4n) is 1.73. The molecule has 2 nitrogen and oxygen atoms in total. The highest BCUT2D eigenvalue weighted by Gasteiger charge is 2.24. The van der Waals surface area contributed by atoms with E-state index in [0.717, 1.165) is 16.1 Å². The molecule has 0 spiro atoms. The van der Waals surface area contributed by atoms with Crippen LogP contribution < -0.4 is 11.3 Å². The summed E-state index contributed by atoms with van der Waals surface area (Å²) in [6.07, 6.45) is 5.23. The second-order valence-electron chi connectivity index (χ2n) is 4.02. The highest BCUT2D eigenvalue weighted by Crippen LogP contribution is 2.40. The van der Waals surface area contributed by atoms with Crippen LogP contribution in [0.25, 0.3) is 0 Å². The first-order valence-electron chi connectivity index (χ1n) is 5.11. The average molecular weight is 354 g/mol. The maximum absolute atomic E-state index is 5.61. The topological polar surface area (TPSA) is 38.0 Å². The summed E-state index contributed by atoms with van der Waals surface area (Å²) >= 11 is 8.77. The van der Waals surface area contributed by atoms with E-state index in [4.69, 9.17) is 5.84 Å². The summed E-state index contributed by atoms with van der Waals surface area (Å²) in [5, 5.41) is 0. The highest BCUT2D eigenvalue weighted by molar-refractivity contribution is 9.12. The van der Waals surface area contributed by atoms with Crippen molar-refractivity contribution in [1.29, 1.82) is 0 Å². The van der Waals surface area contributed by atoms with Crippen molar-refractivity contribution in [2.24, 2.45) is 11.8 Å². The third kappa shape index (κ3) is 3.27. The number of hydrogen-bond donors (Lipinski definition) is 2. The van der Waals surface area contributed by atoms with Gasteiger partial charge in [0, 0.05) is 6.04 Å². The summed E-state index contributed by atoms with van der Waals surface area (Å²) in [5.41, 5.74) is 4.18. The minimum absolute atomic E-state index is 0.280. The van der Waals surface area contributed by atoms with Crippen molar-refractivity contribution in [2.75, 3.05) is 0 Å². The number of thiophene rings is 1. The molecule has 2 rings (SSSR count). The molecule has 0 aliphatic heterocycles. The Morgan fingerprint density at radius 1 is 1.53 bits per heavy atom. The SMILES string of the molecule is NNC(CCC1CC1)c1cc(Br)sc1Br. The normalized spacial score (nSPS) is 18.1. The van der Waals surface area contributed by atoms with Crippen molar-refractivity contribution in [1.82, 2.24) is 5.43 Å². The monoisotopic (exact) mass is 352 g/mol. The summed E-state index contributed by atoms with van der Waals surface area (Å²) in [7, 11) is 0. The van der Waals surface area contributed by atoms with E-state index < -0.39 is 0 Å². The minimum atomic E-state index is 0.280. The number of halogens is 2. The van der Waals surface area contributed by atoms with Gasteiger partial charge in [-0.05, 0) is 62.2 Å². The molecule has 84 valence electrons. The van der Waals surface area contributed by atoms with Crippen molar-refractivity contribution >= 4 is 43.2 Å². The van der Waals surface area contributed by atoms with Crippen LogP contribution in [0.1, 0.15) is 37.3 Å². The summed E-state index contributed by atoms with van der Waals surface area (Å²) in [6, 6.07) is 2.43. The number of rotatable bonds is 5. The molecule has 1 aliphatic rings. The number of hydrazine groups is 1. The van der Waals surface area contributed by atoms with Crippen LogP contribution in [0.3, 0.4) is 0 Å². The quantitative estimate of drug-likeness (QED) is 0.620. The van der Waals surface area contributed by atoms with Crippen molar-refractivity contribution in [2.45, 2.75) is 31.7 Å². The molecule has 0 aromatic carbocycles. The van der Waals surface area contributed by atoms with Gasteiger partial charge in [-0.2, -0.15) is 0 Å². The molecular weight excluding hydrogens is 340 g/mol. The Balaban J connectivity index is 2.00. The van der Waals surface area contributed by atoms with Crippen LogP contribution in [0.4, 0.5) is 0 Å². The van der Waals surface area contributed by atoms with Gasteiger partial charge in [0.05, 0.1) is 7.57 Å². The molecule has 0 saturated heterocycles. The summed E-state index contributed by atoms with van der Waals surface area (Å²) < 4.78 is 2.32. The highest BCUT2D eigenvalue weighted by atomic mass is 79.9. The Morgan fingerprint density at radius 2 is 2.27 bits per heavy atom. The van der Waals surface area contributed by atoms with E-state index >= 15 is 0 Å². The molecule has 1 fully saturated rings. The van der Waals surface area contributed by atoms with E-state index in [2.05, 4.69) is 43.4 Å². The summed E-state index contributed by atoms with van der Waals surface area (Å²) in [5.74, 6) is 6.57. The average Bonchev–Trinajstić information content (AvgIpc) is 2.95. The van der Waals surface area contributed by atoms with E-state index in [1.54, 1.807) is 11.3 Å². The van der Waals surface area contributed by atoms with Crippen LogP contribution in [-0.2, 0) is 0 Å². The van der Waals surface area contributed by atoms with Gasteiger partial charge in [-0.15, -0.1) is 11.3 Å². The van der Waals surface area contributed by atoms with Crippen molar-refractivity contribution < 1.29 is 0 Å². The second kappa shape index (κ2) is 5.27. The zero-order chi connectivity index (χ0) is 10.8. The molecule has 1 saturated carbocycles. The number of nitrogens with one attached hydrogen (secondary N) is 1. The third-order valence-corrected chi connectivity index (χ3v) is 5.21. The number of nitrogens with two attached hydrogens (primary N) is 1. The molecule has 0 radical (unpaired) electrons. The van der Waals surface area contributed by atoms with Gasteiger partial charge in [0.15, 0.2) is 0 Å². The van der Waals surface area contributed by atoms with Gasteiger partial charge in [-0.25, -0.2) is 0 Å². The Hall–Kier alpha value is 0.580. The molecule has 5 heteroatoms. The standard InChI is InChI=1S/C10H14Br2N2S/c11-9-5-7(10(12)15-9)8(14-13)4-3-6-1-2-6/h5-6,8,14H,1-4,13H2. The van der Waals surface area contributed by atoms with E-state index in [-0.39, 0.29) is 6.04 Å². The Kier molecular flexibility index (Phi) is 4.24. The molecule has 0 bridgehead atoms.